The predicted octanol–water partition coefficient (Wildman–Crippen LogP) is 3.47. The molecule has 1 rings (SSSR count). The average molecular weight is 526 g/mol. The van der Waals surface area contributed by atoms with Crippen molar-refractivity contribution in [2.45, 2.75) is 70.5 Å². The zero-order valence-corrected chi connectivity index (χ0v) is 21.5. The summed E-state index contributed by atoms with van der Waals surface area (Å²) in [5.41, 5.74) is -0.281. The quantitative estimate of drug-likeness (QED) is 0.299. The van der Waals surface area contributed by atoms with Gasteiger partial charge in [-0.25, -0.2) is 9.59 Å². The van der Waals surface area contributed by atoms with Crippen LogP contribution in [0, 0.1) is 0 Å². The maximum atomic E-state index is 12.3. The molecule has 0 saturated carbocycles. The Morgan fingerprint density at radius 2 is 1.33 bits per heavy atom. The van der Waals surface area contributed by atoms with Gasteiger partial charge in [0.05, 0.1) is 28.2 Å². The molecule has 0 aliphatic carbocycles. The van der Waals surface area contributed by atoms with Crippen molar-refractivity contribution in [3.05, 3.63) is 29.3 Å². The summed E-state index contributed by atoms with van der Waals surface area (Å²) in [7, 11) is -4.61. The van der Waals surface area contributed by atoms with Crippen LogP contribution >= 0.6 is 0 Å². The molecule has 1 aromatic rings. The normalized spacial score (nSPS) is 13.2. The largest absolute Gasteiger partial charge is 2.00 e. The first-order chi connectivity index (χ1) is 12.1. The molecule has 9 heteroatoms. The topological polar surface area (TPSA) is 107 Å². The molecule has 0 aliphatic heterocycles. The monoisotopic (exact) mass is 526 g/mol. The number of ether oxygens (including phenoxy) is 2. The van der Waals surface area contributed by atoms with Gasteiger partial charge in [-0.15, -0.1) is 0 Å². The van der Waals surface area contributed by atoms with Crippen molar-refractivity contribution in [3.8, 4) is 0 Å². The van der Waals surface area contributed by atoms with Crippen LogP contribution in [0.15, 0.2) is 23.1 Å². The average Bonchev–Trinajstić information content (AvgIpc) is 2.53. The molecular formula is C18H28BaO7S. The second kappa shape index (κ2) is 12.3. The first-order valence-electron chi connectivity index (χ1n) is 8.63. The summed E-state index contributed by atoms with van der Waals surface area (Å²) in [6, 6.07) is 3.15. The van der Waals surface area contributed by atoms with E-state index < -0.39 is 27.0 Å². The van der Waals surface area contributed by atoms with Crippen LogP contribution in [0.3, 0.4) is 0 Å². The van der Waals surface area contributed by atoms with Gasteiger partial charge in [0, 0.05) is 0 Å². The van der Waals surface area contributed by atoms with Crippen LogP contribution in [0.2, 0.25) is 0 Å². The number of esters is 2. The van der Waals surface area contributed by atoms with Crippen LogP contribution in [-0.2, 0) is 19.6 Å². The molecule has 1 aromatic carbocycles. The van der Waals surface area contributed by atoms with Crippen LogP contribution < -0.4 is 0 Å². The van der Waals surface area contributed by atoms with Gasteiger partial charge in [0.15, 0.2) is 0 Å². The molecule has 0 aliphatic rings. The summed E-state index contributed by atoms with van der Waals surface area (Å²) in [5, 5.41) is 0. The van der Waals surface area contributed by atoms with Crippen LogP contribution in [0.4, 0.5) is 0 Å². The van der Waals surface area contributed by atoms with E-state index >= 15 is 0 Å². The second-order valence-electron chi connectivity index (χ2n) is 6.23. The van der Waals surface area contributed by atoms with E-state index in [1.807, 2.05) is 13.8 Å². The molecular weight excluding hydrogens is 498 g/mol. The summed E-state index contributed by atoms with van der Waals surface area (Å²) >= 11 is 0. The minimum absolute atomic E-state index is 0. The third-order valence-corrected chi connectivity index (χ3v) is 4.51. The van der Waals surface area contributed by atoms with Crippen molar-refractivity contribution in [1.82, 2.24) is 0 Å². The molecule has 7 nitrogen and oxygen atoms in total. The molecule has 27 heavy (non-hydrogen) atoms. The maximum absolute atomic E-state index is 12.3. The molecule has 0 amide bonds. The predicted molar refractivity (Wildman–Crippen MR) is 104 cm³/mol. The number of carbonyl (C=O) groups excluding carboxylic acids is 2. The minimum Gasteiger partial charge on any atom is -1.00 e. The zero-order valence-electron chi connectivity index (χ0n) is 18.2. The standard InChI is InChI=1S/C18H26O7S.Ba.2H/c1-5-7-12(3)24-17(19)14-9-15(11-16(10-14)26(21,22)23)18(20)25-13(4)8-6-2;;;/h9-13H,5-8H2,1-4H3,(H,21,22,23);;;/q;+2;2*-1. The fourth-order valence-electron chi connectivity index (χ4n) is 2.42. The fourth-order valence-corrected chi connectivity index (χ4v) is 2.97. The van der Waals surface area contributed by atoms with Crippen LogP contribution in [-0.4, -0.2) is 86.0 Å². The first-order valence-corrected chi connectivity index (χ1v) is 10.1. The summed E-state index contributed by atoms with van der Waals surface area (Å²) in [6.07, 6.45) is 2.20. The number of hydrogen-bond donors (Lipinski definition) is 1. The molecule has 0 bridgehead atoms. The van der Waals surface area contributed by atoms with Crippen molar-refractivity contribution in [1.29, 1.82) is 0 Å². The van der Waals surface area contributed by atoms with Crippen LogP contribution in [0.5, 0.6) is 0 Å². The SMILES string of the molecule is CCCC(C)OC(=O)c1cc(C(=O)OC(C)CCC)cc(S(=O)(=O)O)c1.[Ba+2].[H-].[H-]. The Morgan fingerprint density at radius 3 is 1.63 bits per heavy atom. The molecule has 0 radical (unpaired) electrons. The third-order valence-electron chi connectivity index (χ3n) is 3.68. The summed E-state index contributed by atoms with van der Waals surface area (Å²) < 4.78 is 42.7. The fraction of sp³-hybridized carbons (Fsp3) is 0.556. The van der Waals surface area contributed by atoms with E-state index in [9.17, 15) is 22.6 Å². The number of hydrogen-bond acceptors (Lipinski definition) is 6. The Kier molecular flexibility index (Phi) is 12.1. The van der Waals surface area contributed by atoms with Gasteiger partial charge in [-0.3, -0.25) is 4.55 Å². The number of benzene rings is 1. The molecule has 0 heterocycles. The maximum Gasteiger partial charge on any atom is 2.00 e. The van der Waals surface area contributed by atoms with Gasteiger partial charge in [-0.05, 0) is 44.9 Å². The van der Waals surface area contributed by atoms with Gasteiger partial charge in [-0.1, -0.05) is 26.7 Å². The summed E-state index contributed by atoms with van der Waals surface area (Å²) in [4.78, 5) is 24.0. The summed E-state index contributed by atoms with van der Waals surface area (Å²) in [5.74, 6) is -1.54. The van der Waals surface area contributed by atoms with Crippen molar-refractivity contribution in [3.63, 3.8) is 0 Å². The molecule has 0 fully saturated rings. The molecule has 150 valence electrons. The van der Waals surface area contributed by atoms with E-state index in [1.54, 1.807) is 13.8 Å². The van der Waals surface area contributed by atoms with Gasteiger partial charge in [0.1, 0.15) is 0 Å². The molecule has 0 saturated heterocycles. The van der Waals surface area contributed by atoms with E-state index in [4.69, 9.17) is 9.47 Å². The molecule has 0 spiro atoms. The van der Waals surface area contributed by atoms with E-state index in [1.165, 1.54) is 6.07 Å². The molecule has 2 atom stereocenters. The van der Waals surface area contributed by atoms with Crippen molar-refractivity contribution >= 4 is 70.9 Å². The van der Waals surface area contributed by atoms with Crippen LogP contribution in [0.1, 0.15) is 76.9 Å². The Bertz CT molecular complexity index is 712. The molecule has 1 N–H and O–H groups in total. The van der Waals surface area contributed by atoms with E-state index in [0.717, 1.165) is 25.0 Å². The molecule has 0 aromatic heterocycles. The van der Waals surface area contributed by atoms with E-state index in [0.29, 0.717) is 12.8 Å². The van der Waals surface area contributed by atoms with Crippen LogP contribution in [0.25, 0.3) is 0 Å². The number of carbonyl (C=O) groups is 2. The second-order valence-corrected chi connectivity index (χ2v) is 7.65. The minimum atomic E-state index is -4.61. The van der Waals surface area contributed by atoms with Gasteiger partial charge >= 0.3 is 60.8 Å². The Hall–Kier alpha value is -0.359. The van der Waals surface area contributed by atoms with Crippen molar-refractivity contribution < 1.29 is 34.9 Å². The Morgan fingerprint density at radius 1 is 0.963 bits per heavy atom. The Balaban J connectivity index is -0.00000225. The third kappa shape index (κ3) is 9.12. The zero-order chi connectivity index (χ0) is 19.9. The van der Waals surface area contributed by atoms with Crippen molar-refractivity contribution in [2.24, 2.45) is 0 Å². The Labute approximate surface area is 204 Å². The van der Waals surface area contributed by atoms with E-state index in [-0.39, 0.29) is 75.1 Å². The van der Waals surface area contributed by atoms with E-state index in [2.05, 4.69) is 0 Å². The number of rotatable bonds is 9. The molecule has 2 unspecified atom stereocenters. The van der Waals surface area contributed by atoms with Gasteiger partial charge in [-0.2, -0.15) is 8.42 Å². The van der Waals surface area contributed by atoms with Gasteiger partial charge < -0.3 is 12.3 Å². The van der Waals surface area contributed by atoms with Gasteiger partial charge in [0.2, 0.25) is 0 Å². The van der Waals surface area contributed by atoms with Gasteiger partial charge in [0.25, 0.3) is 10.1 Å². The van der Waals surface area contributed by atoms with Crippen molar-refractivity contribution in [2.75, 3.05) is 0 Å². The summed E-state index contributed by atoms with van der Waals surface area (Å²) in [6.45, 7) is 7.31. The first kappa shape index (κ1) is 26.6. The smallest absolute Gasteiger partial charge is 1.00 e.